The van der Waals surface area contributed by atoms with Gasteiger partial charge in [0.2, 0.25) is 0 Å². The maximum Gasteiger partial charge on any atom is 0.410 e. The summed E-state index contributed by atoms with van der Waals surface area (Å²) < 4.78 is 5.36. The van der Waals surface area contributed by atoms with Gasteiger partial charge in [-0.2, -0.15) is 0 Å². The van der Waals surface area contributed by atoms with Crippen LogP contribution in [0, 0.1) is 0 Å². The lowest BCUT2D eigenvalue weighted by Gasteiger charge is -2.25. The number of hydrogen-bond acceptors (Lipinski definition) is 3. The third-order valence-electron chi connectivity index (χ3n) is 2.57. The molecule has 0 saturated carbocycles. The molecule has 0 saturated heterocycles. The average molecular weight is 278 g/mol. The lowest BCUT2D eigenvalue weighted by molar-refractivity contribution is 0.0285. The van der Waals surface area contributed by atoms with Gasteiger partial charge < -0.3 is 15.0 Å². The smallest absolute Gasteiger partial charge is 0.410 e. The molecule has 1 aromatic rings. The number of carbonyl (C=O) groups excluding carboxylic acids is 1. The van der Waals surface area contributed by atoms with E-state index in [-0.39, 0.29) is 6.09 Å². The van der Waals surface area contributed by atoms with Crippen LogP contribution in [-0.2, 0) is 11.3 Å². The summed E-state index contributed by atoms with van der Waals surface area (Å²) >= 11 is 0. The van der Waals surface area contributed by atoms with Crippen molar-refractivity contribution in [3.8, 4) is 0 Å². The Bertz CT molecular complexity index is 450. The molecule has 112 valence electrons. The molecule has 0 atom stereocenters. The molecule has 0 aliphatic heterocycles. The maximum absolute atomic E-state index is 12.0. The third-order valence-corrected chi connectivity index (χ3v) is 2.57. The van der Waals surface area contributed by atoms with Crippen molar-refractivity contribution in [2.45, 2.75) is 52.8 Å². The molecule has 0 fully saturated rings. The molecule has 0 spiro atoms. The van der Waals surface area contributed by atoms with Gasteiger partial charge in [-0.15, -0.1) is 0 Å². The van der Waals surface area contributed by atoms with Gasteiger partial charge >= 0.3 is 6.09 Å². The monoisotopic (exact) mass is 278 g/mol. The second-order valence-electron chi connectivity index (χ2n) is 6.29. The van der Waals surface area contributed by atoms with Crippen molar-refractivity contribution < 1.29 is 9.53 Å². The van der Waals surface area contributed by atoms with E-state index in [0.29, 0.717) is 12.6 Å². The van der Waals surface area contributed by atoms with Crippen molar-refractivity contribution in [1.29, 1.82) is 0 Å². The minimum atomic E-state index is -0.471. The molecule has 0 heterocycles. The van der Waals surface area contributed by atoms with Crippen LogP contribution in [0.15, 0.2) is 24.3 Å². The fourth-order valence-corrected chi connectivity index (χ4v) is 1.77. The van der Waals surface area contributed by atoms with Crippen molar-refractivity contribution in [3.63, 3.8) is 0 Å². The Labute approximate surface area is 122 Å². The van der Waals surface area contributed by atoms with Crippen LogP contribution < -0.4 is 5.32 Å². The number of hydrogen-bond donors (Lipinski definition) is 1. The molecule has 20 heavy (non-hydrogen) atoms. The first-order valence-electron chi connectivity index (χ1n) is 6.97. The SMILES string of the molecule is CC(C)Nc1ccccc1CN(C)C(=O)OC(C)(C)C. The summed E-state index contributed by atoms with van der Waals surface area (Å²) in [4.78, 5) is 13.6. The van der Waals surface area contributed by atoms with E-state index < -0.39 is 5.60 Å². The van der Waals surface area contributed by atoms with Crippen molar-refractivity contribution in [2.75, 3.05) is 12.4 Å². The largest absolute Gasteiger partial charge is 0.444 e. The summed E-state index contributed by atoms with van der Waals surface area (Å²) in [6.45, 7) is 10.3. The van der Waals surface area contributed by atoms with E-state index in [2.05, 4.69) is 19.2 Å². The van der Waals surface area contributed by atoms with E-state index in [1.807, 2.05) is 45.0 Å². The van der Waals surface area contributed by atoms with E-state index in [0.717, 1.165) is 11.3 Å². The number of nitrogens with one attached hydrogen (secondary N) is 1. The van der Waals surface area contributed by atoms with E-state index in [1.54, 1.807) is 11.9 Å². The Morgan fingerprint density at radius 3 is 2.45 bits per heavy atom. The normalized spacial score (nSPS) is 11.3. The Morgan fingerprint density at radius 1 is 1.30 bits per heavy atom. The zero-order valence-electron chi connectivity index (χ0n) is 13.4. The van der Waals surface area contributed by atoms with Crippen LogP contribution in [0.5, 0.6) is 0 Å². The van der Waals surface area contributed by atoms with E-state index in [1.165, 1.54) is 0 Å². The van der Waals surface area contributed by atoms with E-state index in [9.17, 15) is 4.79 Å². The highest BCUT2D eigenvalue weighted by Gasteiger charge is 2.20. The van der Waals surface area contributed by atoms with Gasteiger partial charge in [0.1, 0.15) is 5.60 Å². The van der Waals surface area contributed by atoms with Crippen molar-refractivity contribution in [1.82, 2.24) is 4.90 Å². The molecule has 1 rings (SSSR count). The number of nitrogens with zero attached hydrogens (tertiary/aromatic N) is 1. The quantitative estimate of drug-likeness (QED) is 0.909. The summed E-state index contributed by atoms with van der Waals surface area (Å²) in [5.41, 5.74) is 1.66. The zero-order chi connectivity index (χ0) is 15.3. The first kappa shape index (κ1) is 16.3. The molecule has 0 aromatic heterocycles. The van der Waals surface area contributed by atoms with Gasteiger partial charge in [-0.3, -0.25) is 0 Å². The molecule has 0 aliphatic rings. The zero-order valence-corrected chi connectivity index (χ0v) is 13.4. The van der Waals surface area contributed by atoms with Gasteiger partial charge in [-0.05, 0) is 46.2 Å². The van der Waals surface area contributed by atoms with Gasteiger partial charge in [-0.1, -0.05) is 18.2 Å². The number of amides is 1. The van der Waals surface area contributed by atoms with Gasteiger partial charge in [0, 0.05) is 18.8 Å². The molecule has 1 aromatic carbocycles. The highest BCUT2D eigenvalue weighted by Crippen LogP contribution is 2.19. The molecule has 0 aliphatic carbocycles. The first-order chi connectivity index (χ1) is 9.19. The number of para-hydroxylation sites is 1. The van der Waals surface area contributed by atoms with Crippen molar-refractivity contribution in [2.24, 2.45) is 0 Å². The predicted molar refractivity (Wildman–Crippen MR) is 82.9 cm³/mol. The molecule has 4 heteroatoms. The molecule has 4 nitrogen and oxygen atoms in total. The first-order valence-corrected chi connectivity index (χ1v) is 6.97. The summed E-state index contributed by atoms with van der Waals surface area (Å²) in [7, 11) is 1.75. The number of ether oxygens (including phenoxy) is 1. The summed E-state index contributed by atoms with van der Waals surface area (Å²) in [6, 6.07) is 8.36. The van der Waals surface area contributed by atoms with Crippen LogP contribution >= 0.6 is 0 Å². The number of anilines is 1. The molecule has 0 unspecified atom stereocenters. The Hall–Kier alpha value is -1.71. The molecular weight excluding hydrogens is 252 g/mol. The van der Waals surface area contributed by atoms with Crippen molar-refractivity contribution in [3.05, 3.63) is 29.8 Å². The third kappa shape index (κ3) is 5.51. The Morgan fingerprint density at radius 2 is 1.90 bits per heavy atom. The Balaban J connectivity index is 2.75. The van der Waals surface area contributed by atoms with Gasteiger partial charge in [0.05, 0.1) is 6.54 Å². The highest BCUT2D eigenvalue weighted by molar-refractivity contribution is 5.68. The second-order valence-corrected chi connectivity index (χ2v) is 6.29. The van der Waals surface area contributed by atoms with Crippen molar-refractivity contribution >= 4 is 11.8 Å². The van der Waals surface area contributed by atoms with Crippen LogP contribution in [0.4, 0.5) is 10.5 Å². The van der Waals surface area contributed by atoms with Crippen LogP contribution in [0.3, 0.4) is 0 Å². The van der Waals surface area contributed by atoms with E-state index in [4.69, 9.17) is 4.74 Å². The second kappa shape index (κ2) is 6.64. The Kier molecular flexibility index (Phi) is 5.43. The fraction of sp³-hybridized carbons (Fsp3) is 0.562. The highest BCUT2D eigenvalue weighted by atomic mass is 16.6. The van der Waals surface area contributed by atoms with Crippen LogP contribution in [-0.4, -0.2) is 29.7 Å². The van der Waals surface area contributed by atoms with Gasteiger partial charge in [-0.25, -0.2) is 4.79 Å². The number of rotatable bonds is 4. The lowest BCUT2D eigenvalue weighted by atomic mass is 10.1. The topological polar surface area (TPSA) is 41.6 Å². The minimum absolute atomic E-state index is 0.308. The van der Waals surface area contributed by atoms with E-state index >= 15 is 0 Å². The fourth-order valence-electron chi connectivity index (χ4n) is 1.77. The lowest BCUT2D eigenvalue weighted by Crippen LogP contribution is -2.34. The minimum Gasteiger partial charge on any atom is -0.444 e. The molecular formula is C16H26N2O2. The van der Waals surface area contributed by atoms with Crippen LogP contribution in [0.25, 0.3) is 0 Å². The summed E-state index contributed by atoms with van der Waals surface area (Å²) in [6.07, 6.45) is -0.308. The predicted octanol–water partition coefficient (Wildman–Crippen LogP) is 3.87. The number of carbonyl (C=O) groups is 1. The standard InChI is InChI=1S/C16H26N2O2/c1-12(2)17-14-10-8-7-9-13(14)11-18(6)15(19)20-16(3,4)5/h7-10,12,17H,11H2,1-6H3. The molecule has 0 radical (unpaired) electrons. The van der Waals surface area contributed by atoms with Crippen LogP contribution in [0.1, 0.15) is 40.2 Å². The summed E-state index contributed by atoms with van der Waals surface area (Å²) in [5, 5.41) is 3.39. The number of benzene rings is 1. The summed E-state index contributed by atoms with van der Waals surface area (Å²) in [5.74, 6) is 0. The average Bonchev–Trinajstić information content (AvgIpc) is 2.28. The molecule has 1 N–H and O–H groups in total. The van der Waals surface area contributed by atoms with Gasteiger partial charge in [0.25, 0.3) is 0 Å². The van der Waals surface area contributed by atoms with Gasteiger partial charge in [0.15, 0.2) is 0 Å². The maximum atomic E-state index is 12.0. The molecule has 1 amide bonds. The molecule has 0 bridgehead atoms. The van der Waals surface area contributed by atoms with Crippen LogP contribution in [0.2, 0.25) is 0 Å².